The predicted molar refractivity (Wildman–Crippen MR) is 85.3 cm³/mol. The lowest BCUT2D eigenvalue weighted by atomic mass is 10.00. The van der Waals surface area contributed by atoms with Gasteiger partial charge >= 0.3 is 0 Å². The third-order valence-corrected chi connectivity index (χ3v) is 3.69. The number of hydrogen-bond donors (Lipinski definition) is 1. The first-order valence-corrected chi connectivity index (χ1v) is 6.78. The van der Waals surface area contributed by atoms with Gasteiger partial charge in [0.25, 0.3) is 0 Å². The normalized spacial score (nSPS) is 11.0. The van der Waals surface area contributed by atoms with Crippen molar-refractivity contribution in [3.63, 3.8) is 0 Å². The molecule has 100 valence electrons. The Bertz CT molecular complexity index is 1010. The lowest BCUT2D eigenvalue weighted by Crippen LogP contribution is -2.02. The van der Waals surface area contributed by atoms with Gasteiger partial charge in [0.2, 0.25) is 5.56 Å². The number of H-pyrrole nitrogens is 1. The van der Waals surface area contributed by atoms with Gasteiger partial charge in [-0.1, -0.05) is 30.3 Å². The summed E-state index contributed by atoms with van der Waals surface area (Å²) in [4.78, 5) is 18.7. The SMILES string of the molecule is O=c1ccc2ccc(-c3ccnc4ccccc34)cc2[nH]1. The summed E-state index contributed by atoms with van der Waals surface area (Å²) < 4.78 is 0. The summed E-state index contributed by atoms with van der Waals surface area (Å²) in [5.74, 6) is 0. The van der Waals surface area contributed by atoms with Gasteiger partial charge in [-0.25, -0.2) is 0 Å². The fraction of sp³-hybridized carbons (Fsp3) is 0. The molecule has 2 aromatic carbocycles. The number of para-hydroxylation sites is 1. The first kappa shape index (κ1) is 11.9. The van der Waals surface area contributed by atoms with Gasteiger partial charge in [-0.2, -0.15) is 0 Å². The molecule has 0 amide bonds. The van der Waals surface area contributed by atoms with Gasteiger partial charge < -0.3 is 4.98 Å². The quantitative estimate of drug-likeness (QED) is 0.573. The van der Waals surface area contributed by atoms with Crippen LogP contribution in [0.15, 0.2) is 71.7 Å². The van der Waals surface area contributed by atoms with Crippen molar-refractivity contribution in [2.75, 3.05) is 0 Å². The zero-order chi connectivity index (χ0) is 14.2. The summed E-state index contributed by atoms with van der Waals surface area (Å²) in [6.45, 7) is 0. The highest BCUT2D eigenvalue weighted by atomic mass is 16.1. The average Bonchev–Trinajstić information content (AvgIpc) is 2.53. The molecule has 2 aromatic heterocycles. The number of benzene rings is 2. The molecule has 0 saturated heterocycles. The minimum atomic E-state index is -0.0840. The van der Waals surface area contributed by atoms with Crippen LogP contribution in [0.2, 0.25) is 0 Å². The van der Waals surface area contributed by atoms with Crippen LogP contribution < -0.4 is 5.56 Å². The van der Waals surface area contributed by atoms with Crippen molar-refractivity contribution in [1.82, 2.24) is 9.97 Å². The molecule has 1 N–H and O–H groups in total. The van der Waals surface area contributed by atoms with Crippen molar-refractivity contribution >= 4 is 21.8 Å². The van der Waals surface area contributed by atoms with Gasteiger partial charge in [-0.3, -0.25) is 9.78 Å². The second kappa shape index (κ2) is 4.56. The van der Waals surface area contributed by atoms with Crippen LogP contribution in [0.3, 0.4) is 0 Å². The minimum absolute atomic E-state index is 0.0840. The van der Waals surface area contributed by atoms with E-state index < -0.39 is 0 Å². The third kappa shape index (κ3) is 1.99. The summed E-state index contributed by atoms with van der Waals surface area (Å²) in [6.07, 6.45) is 1.82. The number of nitrogens with one attached hydrogen (secondary N) is 1. The number of pyridine rings is 2. The monoisotopic (exact) mass is 272 g/mol. The minimum Gasteiger partial charge on any atom is -0.322 e. The number of hydrogen-bond acceptors (Lipinski definition) is 2. The number of aromatic amines is 1. The van der Waals surface area contributed by atoms with Crippen LogP contribution in [-0.2, 0) is 0 Å². The summed E-state index contributed by atoms with van der Waals surface area (Å²) in [5, 5.41) is 2.13. The molecule has 4 aromatic rings. The number of fused-ring (bicyclic) bond motifs is 2. The van der Waals surface area contributed by atoms with E-state index in [0.717, 1.165) is 32.9 Å². The molecule has 0 aliphatic rings. The van der Waals surface area contributed by atoms with Crippen molar-refractivity contribution < 1.29 is 0 Å². The van der Waals surface area contributed by atoms with E-state index in [9.17, 15) is 4.79 Å². The molecule has 0 saturated carbocycles. The van der Waals surface area contributed by atoms with Gasteiger partial charge in [0.05, 0.1) is 5.52 Å². The molecule has 0 unspecified atom stereocenters. The van der Waals surface area contributed by atoms with Crippen molar-refractivity contribution in [2.45, 2.75) is 0 Å². The van der Waals surface area contributed by atoms with E-state index in [2.05, 4.69) is 22.1 Å². The maximum absolute atomic E-state index is 11.5. The van der Waals surface area contributed by atoms with E-state index in [0.29, 0.717) is 0 Å². The van der Waals surface area contributed by atoms with E-state index >= 15 is 0 Å². The van der Waals surface area contributed by atoms with Crippen molar-refractivity contribution in [2.24, 2.45) is 0 Å². The average molecular weight is 272 g/mol. The van der Waals surface area contributed by atoms with E-state index in [1.807, 2.05) is 48.7 Å². The first-order chi connectivity index (χ1) is 10.3. The molecule has 4 rings (SSSR count). The smallest absolute Gasteiger partial charge is 0.248 e. The Hall–Kier alpha value is -2.94. The molecule has 3 nitrogen and oxygen atoms in total. The van der Waals surface area contributed by atoms with Crippen molar-refractivity contribution in [3.8, 4) is 11.1 Å². The molecule has 2 heterocycles. The van der Waals surface area contributed by atoms with Gasteiger partial charge in [-0.15, -0.1) is 0 Å². The van der Waals surface area contributed by atoms with E-state index in [4.69, 9.17) is 0 Å². The molecule has 0 radical (unpaired) electrons. The van der Waals surface area contributed by atoms with Crippen LogP contribution in [0.4, 0.5) is 0 Å². The number of rotatable bonds is 1. The Labute approximate surface area is 120 Å². The highest BCUT2D eigenvalue weighted by Crippen LogP contribution is 2.28. The molecule has 21 heavy (non-hydrogen) atoms. The summed E-state index contributed by atoms with van der Waals surface area (Å²) >= 11 is 0. The zero-order valence-corrected chi connectivity index (χ0v) is 11.2. The lowest BCUT2D eigenvalue weighted by Gasteiger charge is -2.07. The van der Waals surface area contributed by atoms with E-state index in [1.165, 1.54) is 0 Å². The predicted octanol–water partition coefficient (Wildman–Crippen LogP) is 3.74. The van der Waals surface area contributed by atoms with Gasteiger partial charge in [0.1, 0.15) is 0 Å². The summed E-state index contributed by atoms with van der Waals surface area (Å²) in [6, 6.07) is 19.6. The fourth-order valence-electron chi connectivity index (χ4n) is 2.66. The highest BCUT2D eigenvalue weighted by molar-refractivity contribution is 5.96. The Balaban J connectivity index is 2.02. The fourth-order valence-corrected chi connectivity index (χ4v) is 2.66. The topological polar surface area (TPSA) is 45.8 Å². The number of nitrogens with zero attached hydrogens (tertiary/aromatic N) is 1. The van der Waals surface area contributed by atoms with E-state index in [-0.39, 0.29) is 5.56 Å². The molecular weight excluding hydrogens is 260 g/mol. The molecule has 0 bridgehead atoms. The van der Waals surface area contributed by atoms with Gasteiger partial charge in [0, 0.05) is 23.2 Å². The molecule has 0 spiro atoms. The molecule has 0 fully saturated rings. The van der Waals surface area contributed by atoms with Crippen LogP contribution in [-0.4, -0.2) is 9.97 Å². The van der Waals surface area contributed by atoms with Crippen LogP contribution in [0.1, 0.15) is 0 Å². The Morgan fingerprint density at radius 1 is 0.905 bits per heavy atom. The van der Waals surface area contributed by atoms with Crippen LogP contribution in [0, 0.1) is 0 Å². The molecule has 0 aliphatic carbocycles. The van der Waals surface area contributed by atoms with Crippen LogP contribution >= 0.6 is 0 Å². The summed E-state index contributed by atoms with van der Waals surface area (Å²) in [7, 11) is 0. The van der Waals surface area contributed by atoms with E-state index in [1.54, 1.807) is 6.07 Å². The second-order valence-electron chi connectivity index (χ2n) is 5.00. The maximum Gasteiger partial charge on any atom is 0.248 e. The second-order valence-corrected chi connectivity index (χ2v) is 5.00. The van der Waals surface area contributed by atoms with Gasteiger partial charge in [0.15, 0.2) is 0 Å². The molecular formula is C18H12N2O. The Morgan fingerprint density at radius 3 is 2.71 bits per heavy atom. The molecule has 0 aliphatic heterocycles. The largest absolute Gasteiger partial charge is 0.322 e. The lowest BCUT2D eigenvalue weighted by molar-refractivity contribution is 1.31. The Kier molecular flexibility index (Phi) is 2.57. The highest BCUT2D eigenvalue weighted by Gasteiger charge is 2.05. The first-order valence-electron chi connectivity index (χ1n) is 6.78. The van der Waals surface area contributed by atoms with Crippen molar-refractivity contribution in [1.29, 1.82) is 0 Å². The standard InChI is InChI=1S/C18H12N2O/c21-18-8-7-12-5-6-13(11-17(12)20-18)14-9-10-19-16-4-2-1-3-15(14)16/h1-11H,(H,20,21). The molecule has 0 atom stereocenters. The third-order valence-electron chi connectivity index (χ3n) is 3.69. The van der Waals surface area contributed by atoms with Gasteiger partial charge in [-0.05, 0) is 40.8 Å². The maximum atomic E-state index is 11.5. The van der Waals surface area contributed by atoms with Crippen LogP contribution in [0.5, 0.6) is 0 Å². The molecule has 3 heteroatoms. The Morgan fingerprint density at radius 2 is 1.76 bits per heavy atom. The summed E-state index contributed by atoms with van der Waals surface area (Å²) in [5.41, 5.74) is 3.92. The van der Waals surface area contributed by atoms with Crippen LogP contribution in [0.25, 0.3) is 32.9 Å². The zero-order valence-electron chi connectivity index (χ0n) is 11.2. The number of aromatic nitrogens is 2. The van der Waals surface area contributed by atoms with Crippen molar-refractivity contribution in [3.05, 3.63) is 77.2 Å².